The Kier molecular flexibility index (Phi) is 5.33. The molecule has 21 heavy (non-hydrogen) atoms. The van der Waals surface area contributed by atoms with E-state index in [1.165, 1.54) is 25.9 Å². The molecule has 2 rings (SSSR count). The fourth-order valence-electron chi connectivity index (χ4n) is 2.99. The van der Waals surface area contributed by atoms with Gasteiger partial charge < -0.3 is 9.80 Å². The van der Waals surface area contributed by atoms with E-state index in [2.05, 4.69) is 20.3 Å². The molecule has 2 heterocycles. The van der Waals surface area contributed by atoms with Crippen LogP contribution in [0, 0.1) is 5.41 Å². The van der Waals surface area contributed by atoms with Crippen LogP contribution in [0.25, 0.3) is 0 Å². The molecular weight excluding hydrogens is 266 g/mol. The molecule has 1 aromatic rings. The van der Waals surface area contributed by atoms with Gasteiger partial charge in [0.05, 0.1) is 11.9 Å². The molecule has 0 aliphatic carbocycles. The smallest absolute Gasteiger partial charge is 0.228 e. The summed E-state index contributed by atoms with van der Waals surface area (Å²) in [4.78, 5) is 16.9. The van der Waals surface area contributed by atoms with Crippen molar-refractivity contribution in [2.45, 2.75) is 39.5 Å². The fraction of sp³-hybridized carbons (Fsp3) is 0.800. The van der Waals surface area contributed by atoms with Gasteiger partial charge in [0.1, 0.15) is 0 Å². The third-order valence-corrected chi connectivity index (χ3v) is 4.18. The molecule has 1 N–H and O–H groups in total. The van der Waals surface area contributed by atoms with Crippen molar-refractivity contribution in [1.82, 2.24) is 25.2 Å². The zero-order valence-electron chi connectivity index (χ0n) is 13.4. The molecule has 1 saturated heterocycles. The van der Waals surface area contributed by atoms with E-state index < -0.39 is 5.41 Å². The highest BCUT2D eigenvalue weighted by atomic mass is 16.2. The maximum absolute atomic E-state index is 12.6. The number of likely N-dealkylation sites (tertiary alicyclic amines) is 1. The second-order valence-corrected chi connectivity index (χ2v) is 6.65. The van der Waals surface area contributed by atoms with Crippen LogP contribution in [-0.2, 0) is 11.2 Å². The summed E-state index contributed by atoms with van der Waals surface area (Å²) in [6.07, 6.45) is 5.97. The predicted octanol–water partition coefficient (Wildman–Crippen LogP) is 1.32. The number of nitrogens with one attached hydrogen (secondary N) is 1. The molecule has 1 aliphatic heterocycles. The maximum atomic E-state index is 12.6. The van der Waals surface area contributed by atoms with Crippen molar-refractivity contribution in [1.29, 1.82) is 0 Å². The molecule has 0 spiro atoms. The normalized spacial score (nSPS) is 16.3. The van der Waals surface area contributed by atoms with E-state index in [0.717, 1.165) is 25.2 Å². The standard InChI is InChI=1S/C15H27N5O/c1-15(2,11-13-12-16-18-17-13)14(21)19(3)7-6-10-20-8-4-5-9-20/h12H,4-11H2,1-3H3,(H,16,17,18). The average Bonchev–Trinajstić information content (AvgIpc) is 3.10. The van der Waals surface area contributed by atoms with Gasteiger partial charge >= 0.3 is 0 Å². The van der Waals surface area contributed by atoms with Gasteiger partial charge in [-0.25, -0.2) is 0 Å². The van der Waals surface area contributed by atoms with Gasteiger partial charge in [-0.1, -0.05) is 13.8 Å². The zero-order valence-corrected chi connectivity index (χ0v) is 13.4. The summed E-state index contributed by atoms with van der Waals surface area (Å²) in [6.45, 7) is 8.30. The minimum atomic E-state index is -0.445. The SMILES string of the molecule is CN(CCCN1CCCC1)C(=O)C(C)(C)Cc1cn[nH]n1. The highest BCUT2D eigenvalue weighted by Gasteiger charge is 2.31. The van der Waals surface area contributed by atoms with Crippen LogP contribution in [0.5, 0.6) is 0 Å². The Balaban J connectivity index is 1.77. The quantitative estimate of drug-likeness (QED) is 0.823. The van der Waals surface area contributed by atoms with Crippen LogP contribution >= 0.6 is 0 Å². The van der Waals surface area contributed by atoms with Crippen molar-refractivity contribution < 1.29 is 4.79 Å². The second kappa shape index (κ2) is 7.02. The number of rotatable bonds is 7. The molecule has 1 aliphatic rings. The molecule has 0 saturated carbocycles. The summed E-state index contributed by atoms with van der Waals surface area (Å²) in [5.74, 6) is 0.173. The average molecular weight is 293 g/mol. The van der Waals surface area contributed by atoms with Crippen LogP contribution in [0.2, 0.25) is 0 Å². The summed E-state index contributed by atoms with van der Waals surface area (Å²) in [5, 5.41) is 10.4. The van der Waals surface area contributed by atoms with Crippen molar-refractivity contribution in [3.05, 3.63) is 11.9 Å². The number of aromatic nitrogens is 3. The molecule has 0 atom stereocenters. The molecule has 1 amide bonds. The first-order chi connectivity index (χ1) is 9.99. The molecule has 118 valence electrons. The van der Waals surface area contributed by atoms with Crippen molar-refractivity contribution in [2.75, 3.05) is 33.2 Å². The van der Waals surface area contributed by atoms with Crippen molar-refractivity contribution >= 4 is 5.91 Å². The number of hydrogen-bond acceptors (Lipinski definition) is 4. The molecule has 1 fully saturated rings. The van der Waals surface area contributed by atoms with Crippen LogP contribution in [0.1, 0.15) is 38.8 Å². The van der Waals surface area contributed by atoms with E-state index in [4.69, 9.17) is 0 Å². The maximum Gasteiger partial charge on any atom is 0.228 e. The summed E-state index contributed by atoms with van der Waals surface area (Å²) in [6, 6.07) is 0. The van der Waals surface area contributed by atoms with Crippen LogP contribution in [0.4, 0.5) is 0 Å². The van der Waals surface area contributed by atoms with Gasteiger partial charge in [-0.05, 0) is 38.9 Å². The first-order valence-corrected chi connectivity index (χ1v) is 7.81. The Bertz CT molecular complexity index is 437. The number of hydrogen-bond donors (Lipinski definition) is 1. The highest BCUT2D eigenvalue weighted by molar-refractivity contribution is 5.81. The Morgan fingerprint density at radius 2 is 2.14 bits per heavy atom. The topological polar surface area (TPSA) is 65.1 Å². The highest BCUT2D eigenvalue weighted by Crippen LogP contribution is 2.23. The van der Waals surface area contributed by atoms with Gasteiger partial charge in [0, 0.05) is 25.4 Å². The number of amides is 1. The Morgan fingerprint density at radius 3 is 2.76 bits per heavy atom. The Hall–Kier alpha value is -1.43. The lowest BCUT2D eigenvalue weighted by atomic mass is 9.86. The molecule has 6 heteroatoms. The molecule has 1 aromatic heterocycles. The summed E-state index contributed by atoms with van der Waals surface area (Å²) in [7, 11) is 1.90. The monoisotopic (exact) mass is 293 g/mol. The van der Waals surface area contributed by atoms with Crippen LogP contribution in [-0.4, -0.2) is 64.3 Å². The molecule has 0 radical (unpaired) electrons. The van der Waals surface area contributed by atoms with Gasteiger partial charge in [0.15, 0.2) is 0 Å². The van der Waals surface area contributed by atoms with Crippen molar-refractivity contribution in [2.24, 2.45) is 5.41 Å². The molecule has 6 nitrogen and oxygen atoms in total. The molecule has 0 aromatic carbocycles. The summed E-state index contributed by atoms with van der Waals surface area (Å²) < 4.78 is 0. The lowest BCUT2D eigenvalue weighted by molar-refractivity contribution is -0.139. The van der Waals surface area contributed by atoms with Gasteiger partial charge in [0.25, 0.3) is 0 Å². The van der Waals surface area contributed by atoms with Crippen molar-refractivity contribution in [3.63, 3.8) is 0 Å². The Labute approximate surface area is 126 Å². The van der Waals surface area contributed by atoms with Crippen LogP contribution in [0.3, 0.4) is 0 Å². The first-order valence-electron chi connectivity index (χ1n) is 7.81. The van der Waals surface area contributed by atoms with E-state index >= 15 is 0 Å². The lowest BCUT2D eigenvalue weighted by Gasteiger charge is -2.29. The van der Waals surface area contributed by atoms with Crippen LogP contribution in [0.15, 0.2) is 6.20 Å². The summed E-state index contributed by atoms with van der Waals surface area (Å²) in [5.41, 5.74) is 0.387. The number of carbonyl (C=O) groups excluding carboxylic acids is 1. The third-order valence-electron chi connectivity index (χ3n) is 4.18. The number of carbonyl (C=O) groups is 1. The van der Waals surface area contributed by atoms with Gasteiger partial charge in [-0.15, -0.1) is 0 Å². The lowest BCUT2D eigenvalue weighted by Crippen LogP contribution is -2.41. The number of nitrogens with zero attached hydrogens (tertiary/aromatic N) is 4. The minimum Gasteiger partial charge on any atom is -0.345 e. The van der Waals surface area contributed by atoms with Crippen LogP contribution < -0.4 is 0 Å². The van der Waals surface area contributed by atoms with E-state index in [0.29, 0.717) is 6.42 Å². The number of aromatic amines is 1. The molecular formula is C15H27N5O. The Morgan fingerprint density at radius 1 is 1.43 bits per heavy atom. The van der Waals surface area contributed by atoms with Gasteiger partial charge in [-0.2, -0.15) is 15.4 Å². The van der Waals surface area contributed by atoms with Gasteiger partial charge in [0.2, 0.25) is 5.91 Å². The minimum absolute atomic E-state index is 0.173. The third kappa shape index (κ3) is 4.52. The van der Waals surface area contributed by atoms with E-state index in [9.17, 15) is 4.79 Å². The van der Waals surface area contributed by atoms with E-state index in [-0.39, 0.29) is 5.91 Å². The van der Waals surface area contributed by atoms with Gasteiger partial charge in [-0.3, -0.25) is 4.79 Å². The largest absolute Gasteiger partial charge is 0.345 e. The second-order valence-electron chi connectivity index (χ2n) is 6.65. The van der Waals surface area contributed by atoms with E-state index in [1.54, 1.807) is 6.20 Å². The first kappa shape index (κ1) is 15.9. The number of H-pyrrole nitrogens is 1. The van der Waals surface area contributed by atoms with E-state index in [1.807, 2.05) is 25.8 Å². The van der Waals surface area contributed by atoms with Crippen molar-refractivity contribution in [3.8, 4) is 0 Å². The zero-order chi connectivity index (χ0) is 15.3. The molecule has 0 unspecified atom stereocenters. The fourth-order valence-corrected chi connectivity index (χ4v) is 2.99. The predicted molar refractivity (Wildman–Crippen MR) is 81.8 cm³/mol. The summed E-state index contributed by atoms with van der Waals surface area (Å²) >= 11 is 0. The molecule has 0 bridgehead atoms.